The second kappa shape index (κ2) is 13.0. The van der Waals surface area contributed by atoms with Gasteiger partial charge in [-0.1, -0.05) is 81.8 Å². The summed E-state index contributed by atoms with van der Waals surface area (Å²) in [4.78, 5) is 0. The maximum absolute atomic E-state index is 13.5. The van der Waals surface area contributed by atoms with Gasteiger partial charge in [-0.05, 0) is 91.0 Å². The van der Waals surface area contributed by atoms with Crippen LogP contribution in [0.3, 0.4) is 0 Å². The molecule has 0 aliphatic heterocycles. The van der Waals surface area contributed by atoms with Gasteiger partial charge < -0.3 is 4.74 Å². The van der Waals surface area contributed by atoms with E-state index in [1.54, 1.807) is 0 Å². The average Bonchev–Trinajstić information content (AvgIpc) is 2.93. The Labute approximate surface area is 228 Å². The normalized spacial score (nSPS) is 25.3. The van der Waals surface area contributed by atoms with Crippen molar-refractivity contribution < 1.29 is 31.1 Å². The Kier molecular flexibility index (Phi) is 9.92. The molecule has 1 nitrogen and oxygen atoms in total. The van der Waals surface area contributed by atoms with Crippen molar-refractivity contribution in [3.8, 4) is 16.9 Å². The van der Waals surface area contributed by atoms with Crippen LogP contribution in [0.25, 0.3) is 11.1 Å². The van der Waals surface area contributed by atoms with Crippen molar-refractivity contribution >= 4 is 0 Å². The molecule has 2 aromatic rings. The summed E-state index contributed by atoms with van der Waals surface area (Å²) in [7, 11) is 0. The Morgan fingerprint density at radius 3 is 1.74 bits per heavy atom. The molecule has 2 aliphatic rings. The molecule has 0 radical (unpaired) electrons. The van der Waals surface area contributed by atoms with E-state index in [0.29, 0.717) is 11.5 Å². The van der Waals surface area contributed by atoms with Crippen LogP contribution in [-0.4, -0.2) is 18.5 Å². The first kappa shape index (κ1) is 29.8. The van der Waals surface area contributed by atoms with Gasteiger partial charge in [-0.15, -0.1) is 0 Å². The Morgan fingerprint density at radius 2 is 1.23 bits per heavy atom. The molecule has 0 amide bonds. The van der Waals surface area contributed by atoms with Gasteiger partial charge in [0.05, 0.1) is 0 Å². The molecule has 0 aromatic heterocycles. The van der Waals surface area contributed by atoms with E-state index >= 15 is 0 Å². The molecule has 0 spiro atoms. The molecule has 2 aliphatic carbocycles. The largest absolute Gasteiger partial charge is 0.439 e. The lowest BCUT2D eigenvalue weighted by Crippen LogP contribution is -2.45. The Morgan fingerprint density at radius 1 is 0.718 bits per heavy atom. The SMILES string of the molecule is CCCCCC1CCC(C2CCC(c3ccc(-c4ccc(OC(F)(F)C(F)C(F)(F)F)cc4)cc3)CC2)CC1. The zero-order valence-corrected chi connectivity index (χ0v) is 22.7. The van der Waals surface area contributed by atoms with Crippen molar-refractivity contribution in [3.05, 3.63) is 54.1 Å². The number of alkyl halides is 6. The fourth-order valence-corrected chi connectivity index (χ4v) is 6.62. The Balaban J connectivity index is 1.26. The summed E-state index contributed by atoms with van der Waals surface area (Å²) < 4.78 is 81.1. The highest BCUT2D eigenvalue weighted by Gasteiger charge is 2.59. The van der Waals surface area contributed by atoms with E-state index in [9.17, 15) is 26.3 Å². The first-order chi connectivity index (χ1) is 18.6. The molecule has 1 unspecified atom stereocenters. The number of benzene rings is 2. The van der Waals surface area contributed by atoms with Crippen LogP contribution in [0.5, 0.6) is 5.75 Å². The van der Waals surface area contributed by atoms with Crippen molar-refractivity contribution in [1.29, 1.82) is 0 Å². The minimum atomic E-state index is -5.71. The minimum Gasteiger partial charge on any atom is -0.430 e. The van der Waals surface area contributed by atoms with Gasteiger partial charge in [-0.2, -0.15) is 22.0 Å². The van der Waals surface area contributed by atoms with Crippen LogP contribution in [0.4, 0.5) is 26.3 Å². The van der Waals surface area contributed by atoms with Crippen LogP contribution in [0.2, 0.25) is 0 Å². The lowest BCUT2D eigenvalue weighted by Gasteiger charge is -2.38. The van der Waals surface area contributed by atoms with Gasteiger partial charge in [0.15, 0.2) is 0 Å². The summed E-state index contributed by atoms with van der Waals surface area (Å²) in [6, 6.07) is 13.4. The van der Waals surface area contributed by atoms with Crippen LogP contribution < -0.4 is 4.74 Å². The van der Waals surface area contributed by atoms with E-state index in [-0.39, 0.29) is 0 Å². The molecule has 1 atom stereocenters. The second-order valence-corrected chi connectivity index (χ2v) is 11.6. The quantitative estimate of drug-likeness (QED) is 0.210. The number of unbranched alkanes of at least 4 members (excludes halogenated alkanes) is 2. The van der Waals surface area contributed by atoms with Gasteiger partial charge in [0, 0.05) is 0 Å². The lowest BCUT2D eigenvalue weighted by molar-refractivity contribution is -0.304. The second-order valence-electron chi connectivity index (χ2n) is 11.6. The fraction of sp³-hybridized carbons (Fsp3) is 0.625. The molecule has 2 aromatic carbocycles. The van der Waals surface area contributed by atoms with Gasteiger partial charge in [0.2, 0.25) is 0 Å². The van der Waals surface area contributed by atoms with Crippen molar-refractivity contribution in [2.75, 3.05) is 0 Å². The van der Waals surface area contributed by atoms with Gasteiger partial charge in [0.1, 0.15) is 5.75 Å². The maximum atomic E-state index is 13.5. The molecular weight excluding hydrogens is 514 g/mol. The standard InChI is InChI=1S/C32H40F6O/c1-2-3-4-5-22-6-8-23(9-7-22)24-10-12-25(13-11-24)26-14-16-27(17-15-26)28-18-20-29(21-19-28)39-32(37,38)30(33)31(34,35)36/h14-25,30H,2-13H2,1H3. The monoisotopic (exact) mass is 554 g/mol. The number of hydrogen-bond acceptors (Lipinski definition) is 1. The highest BCUT2D eigenvalue weighted by atomic mass is 19.4. The highest BCUT2D eigenvalue weighted by molar-refractivity contribution is 5.64. The molecule has 0 saturated heterocycles. The summed E-state index contributed by atoms with van der Waals surface area (Å²) >= 11 is 0. The first-order valence-electron chi connectivity index (χ1n) is 14.5. The van der Waals surface area contributed by atoms with E-state index in [1.165, 1.54) is 94.7 Å². The summed E-state index contributed by atoms with van der Waals surface area (Å²) in [6.07, 6.45) is 0.963. The van der Waals surface area contributed by atoms with Crippen LogP contribution in [-0.2, 0) is 0 Å². The third kappa shape index (κ3) is 7.94. The number of ether oxygens (including phenoxy) is 1. The molecule has 2 saturated carbocycles. The molecular formula is C32H40F6O. The van der Waals surface area contributed by atoms with Gasteiger partial charge >= 0.3 is 12.3 Å². The molecule has 7 heteroatoms. The smallest absolute Gasteiger partial charge is 0.430 e. The van der Waals surface area contributed by atoms with Crippen molar-refractivity contribution in [3.63, 3.8) is 0 Å². The van der Waals surface area contributed by atoms with E-state index in [0.717, 1.165) is 35.4 Å². The third-order valence-electron chi connectivity index (χ3n) is 8.95. The molecule has 2 fully saturated rings. The summed E-state index contributed by atoms with van der Waals surface area (Å²) in [6.45, 7) is 2.27. The van der Waals surface area contributed by atoms with Crippen molar-refractivity contribution in [2.24, 2.45) is 17.8 Å². The van der Waals surface area contributed by atoms with Gasteiger partial charge in [-0.25, -0.2) is 4.39 Å². The van der Waals surface area contributed by atoms with Crippen molar-refractivity contribution in [2.45, 2.75) is 108 Å². The molecule has 0 N–H and O–H groups in total. The van der Waals surface area contributed by atoms with Crippen molar-refractivity contribution in [1.82, 2.24) is 0 Å². The summed E-state index contributed by atoms with van der Waals surface area (Å²) in [5.74, 6) is 2.71. The topological polar surface area (TPSA) is 9.23 Å². The summed E-state index contributed by atoms with van der Waals surface area (Å²) in [5.41, 5.74) is 2.87. The number of halogens is 6. The fourth-order valence-electron chi connectivity index (χ4n) is 6.62. The van der Waals surface area contributed by atoms with Crippen LogP contribution in [0.15, 0.2) is 48.5 Å². The van der Waals surface area contributed by atoms with E-state index in [2.05, 4.69) is 23.8 Å². The Bertz CT molecular complexity index is 1000. The summed E-state index contributed by atoms with van der Waals surface area (Å²) in [5, 5.41) is 0. The molecule has 39 heavy (non-hydrogen) atoms. The number of hydrogen-bond donors (Lipinski definition) is 0. The van der Waals surface area contributed by atoms with Crippen LogP contribution in [0.1, 0.15) is 95.5 Å². The van der Waals surface area contributed by atoms with Gasteiger partial charge in [0.25, 0.3) is 6.17 Å². The van der Waals surface area contributed by atoms with Crippen LogP contribution >= 0.6 is 0 Å². The first-order valence-corrected chi connectivity index (χ1v) is 14.5. The minimum absolute atomic E-state index is 0.533. The predicted molar refractivity (Wildman–Crippen MR) is 143 cm³/mol. The van der Waals surface area contributed by atoms with Crippen LogP contribution in [0, 0.1) is 17.8 Å². The van der Waals surface area contributed by atoms with E-state index in [1.807, 2.05) is 12.1 Å². The Hall–Kier alpha value is -2.18. The lowest BCUT2D eigenvalue weighted by atomic mass is 9.68. The number of rotatable bonds is 10. The molecule has 4 rings (SSSR count). The van der Waals surface area contributed by atoms with Gasteiger partial charge in [-0.3, -0.25) is 0 Å². The maximum Gasteiger partial charge on any atom is 0.439 e. The zero-order chi connectivity index (χ0) is 28.0. The van der Waals surface area contributed by atoms with E-state index < -0.39 is 24.2 Å². The molecule has 0 heterocycles. The highest BCUT2D eigenvalue weighted by Crippen LogP contribution is 2.45. The third-order valence-corrected chi connectivity index (χ3v) is 8.95. The molecule has 0 bridgehead atoms. The average molecular weight is 555 g/mol. The predicted octanol–water partition coefficient (Wildman–Crippen LogP) is 10.9. The van der Waals surface area contributed by atoms with E-state index in [4.69, 9.17) is 0 Å². The molecule has 216 valence electrons. The zero-order valence-electron chi connectivity index (χ0n) is 22.7.